The molecule has 1 saturated heterocycles. The van der Waals surface area contributed by atoms with Gasteiger partial charge in [0.15, 0.2) is 6.10 Å². The number of phosphoric acid groups is 2. The fourth-order valence-corrected chi connectivity index (χ4v) is 7.13. The van der Waals surface area contributed by atoms with Crippen molar-refractivity contribution in [2.24, 2.45) is 5.92 Å². The molecule has 0 bridgehead atoms. The molecule has 4 N–H and O–H groups in total. The largest absolute Gasteiger partial charge is 0.472 e. The number of ether oxygens (including phenoxy) is 3. The number of epoxide rings is 1. The van der Waals surface area contributed by atoms with E-state index in [1.54, 1.807) is 0 Å². The fourth-order valence-electron chi connectivity index (χ4n) is 5.97. The van der Waals surface area contributed by atoms with Crippen LogP contribution in [-0.4, -0.2) is 82.6 Å². The molecule has 338 valence electrons. The minimum absolute atomic E-state index is 0.0435. The molecule has 0 aromatic heterocycles. The smallest absolute Gasteiger partial charge is 0.462 e. The van der Waals surface area contributed by atoms with E-state index in [0.717, 1.165) is 50.9 Å². The van der Waals surface area contributed by atoms with Gasteiger partial charge in [-0.15, -0.1) is 0 Å². The standard InChI is InChI=1S/C42H76O14P2/c1-4-5-6-7-8-9-10-11-15-18-21-24-28-39-40(56-39)29-26-31-42(45)55-38(35-54-58(49,50)53-33-37(43)32-52-57(46,47)48)34-51-41(44)30-25-22-19-16-13-12-14-17-20-23-27-36(2)3/h8-9,11,15,21,24,36-40,43H,4-7,10,12-14,16-20,22-23,25-35H2,1-3H3,(H,49,50)(H2,46,47,48)/b9-8-,15-11-,24-21-/t37-,38+,39?,40?/m0/s1. The van der Waals surface area contributed by atoms with E-state index in [0.29, 0.717) is 19.3 Å². The molecule has 1 aliphatic rings. The molecular weight excluding hydrogens is 790 g/mol. The van der Waals surface area contributed by atoms with Crippen LogP contribution >= 0.6 is 15.6 Å². The lowest BCUT2D eigenvalue weighted by molar-refractivity contribution is -0.161. The first kappa shape index (κ1) is 54.3. The number of aliphatic hydroxyl groups is 1. The van der Waals surface area contributed by atoms with Crippen molar-refractivity contribution < 1.29 is 66.3 Å². The molecule has 0 aromatic rings. The zero-order valence-electron chi connectivity index (χ0n) is 35.5. The molecule has 0 aliphatic carbocycles. The van der Waals surface area contributed by atoms with Crippen molar-refractivity contribution in [3.63, 3.8) is 0 Å². The van der Waals surface area contributed by atoms with Crippen LogP contribution in [-0.2, 0) is 46.5 Å². The number of aliphatic hydroxyl groups excluding tert-OH is 1. The Labute approximate surface area is 348 Å². The van der Waals surface area contributed by atoms with Gasteiger partial charge < -0.3 is 34.0 Å². The molecule has 1 fully saturated rings. The van der Waals surface area contributed by atoms with Crippen molar-refractivity contribution in [3.8, 4) is 0 Å². The minimum atomic E-state index is -4.87. The lowest BCUT2D eigenvalue weighted by Crippen LogP contribution is -2.30. The number of hydrogen-bond donors (Lipinski definition) is 4. The van der Waals surface area contributed by atoms with Gasteiger partial charge in [0.1, 0.15) is 12.7 Å². The molecule has 14 nitrogen and oxygen atoms in total. The zero-order chi connectivity index (χ0) is 42.9. The number of hydrogen-bond acceptors (Lipinski definition) is 11. The van der Waals surface area contributed by atoms with E-state index in [1.165, 1.54) is 64.2 Å². The maximum absolute atomic E-state index is 12.7. The Morgan fingerprint density at radius 2 is 1.22 bits per heavy atom. The average Bonchev–Trinajstić information content (AvgIpc) is 3.92. The van der Waals surface area contributed by atoms with Crippen LogP contribution in [0.1, 0.15) is 162 Å². The number of esters is 2. The summed E-state index contributed by atoms with van der Waals surface area (Å²) in [4.78, 5) is 52.8. The molecule has 0 amide bonds. The van der Waals surface area contributed by atoms with Crippen LogP contribution in [0.2, 0.25) is 0 Å². The quantitative estimate of drug-likeness (QED) is 0.0149. The molecule has 1 heterocycles. The van der Waals surface area contributed by atoms with E-state index in [9.17, 15) is 28.7 Å². The first-order chi connectivity index (χ1) is 27.7. The van der Waals surface area contributed by atoms with Crippen LogP contribution in [0.4, 0.5) is 0 Å². The summed E-state index contributed by atoms with van der Waals surface area (Å²) in [5.74, 6) is -0.337. The second-order valence-corrected chi connectivity index (χ2v) is 18.2. The van der Waals surface area contributed by atoms with E-state index in [2.05, 4.69) is 66.3 Å². The number of phosphoric ester groups is 2. The summed E-state index contributed by atoms with van der Waals surface area (Å²) < 4.78 is 53.5. The molecule has 0 radical (unpaired) electrons. The van der Waals surface area contributed by atoms with E-state index in [4.69, 9.17) is 28.5 Å². The summed E-state index contributed by atoms with van der Waals surface area (Å²) in [6.45, 7) is 3.94. The third kappa shape index (κ3) is 35.1. The first-order valence-corrected chi connectivity index (χ1v) is 24.7. The van der Waals surface area contributed by atoms with Crippen LogP contribution in [0.15, 0.2) is 36.5 Å². The van der Waals surface area contributed by atoms with Crippen molar-refractivity contribution in [2.45, 2.75) is 186 Å². The number of carbonyl (C=O) groups excluding carboxylic acids is 2. The third-order valence-corrected chi connectivity index (χ3v) is 10.8. The lowest BCUT2D eigenvalue weighted by Gasteiger charge is -2.20. The molecule has 16 heteroatoms. The van der Waals surface area contributed by atoms with Crippen molar-refractivity contribution >= 4 is 27.6 Å². The predicted octanol–water partition coefficient (Wildman–Crippen LogP) is 9.74. The topological polar surface area (TPSA) is 208 Å². The summed E-state index contributed by atoms with van der Waals surface area (Å²) in [7, 11) is -9.70. The highest BCUT2D eigenvalue weighted by molar-refractivity contribution is 7.47. The molecule has 0 spiro atoms. The Morgan fingerprint density at radius 3 is 1.86 bits per heavy atom. The Morgan fingerprint density at radius 1 is 0.655 bits per heavy atom. The van der Waals surface area contributed by atoms with Crippen LogP contribution in [0.5, 0.6) is 0 Å². The van der Waals surface area contributed by atoms with Gasteiger partial charge in [0.25, 0.3) is 0 Å². The Hall–Kier alpha value is -1.70. The summed E-state index contributed by atoms with van der Waals surface area (Å²) in [6, 6.07) is 0. The monoisotopic (exact) mass is 866 g/mol. The van der Waals surface area contributed by atoms with Gasteiger partial charge in [-0.3, -0.25) is 23.2 Å². The maximum atomic E-state index is 12.7. The lowest BCUT2D eigenvalue weighted by atomic mass is 10.0. The second-order valence-electron chi connectivity index (χ2n) is 15.5. The van der Waals surface area contributed by atoms with Gasteiger partial charge in [0.05, 0.1) is 32.0 Å². The highest BCUT2D eigenvalue weighted by Crippen LogP contribution is 2.44. The minimum Gasteiger partial charge on any atom is -0.462 e. The number of allylic oxidation sites excluding steroid dienone is 5. The van der Waals surface area contributed by atoms with Crippen LogP contribution in [0.3, 0.4) is 0 Å². The molecule has 5 atom stereocenters. The molecule has 1 aliphatic heterocycles. The van der Waals surface area contributed by atoms with E-state index < -0.39 is 66.2 Å². The first-order valence-electron chi connectivity index (χ1n) is 21.7. The van der Waals surface area contributed by atoms with Crippen LogP contribution in [0, 0.1) is 5.92 Å². The van der Waals surface area contributed by atoms with Gasteiger partial charge in [-0.05, 0) is 57.3 Å². The Kier molecular flexibility index (Phi) is 31.8. The number of unbranched alkanes of at least 4 members (excludes halogenated alkanes) is 12. The third-order valence-electron chi connectivity index (χ3n) is 9.37. The van der Waals surface area contributed by atoms with Crippen molar-refractivity contribution in [1.29, 1.82) is 0 Å². The zero-order valence-corrected chi connectivity index (χ0v) is 37.3. The number of rotatable bonds is 39. The predicted molar refractivity (Wildman–Crippen MR) is 225 cm³/mol. The molecule has 0 aromatic carbocycles. The SMILES string of the molecule is CCCCC/C=C\C/C=C\C/C=C\CC1OC1CCCC(=O)O[C@H](COC(=O)CCCCCCCCCCCCC(C)C)COP(=O)(O)OC[C@@H](O)COP(=O)(O)O. The normalized spacial score (nSPS) is 18.0. The maximum Gasteiger partial charge on any atom is 0.472 e. The van der Waals surface area contributed by atoms with Crippen LogP contribution in [0.25, 0.3) is 0 Å². The highest BCUT2D eigenvalue weighted by atomic mass is 31.2. The van der Waals surface area contributed by atoms with E-state index >= 15 is 0 Å². The number of carbonyl (C=O) groups is 2. The highest BCUT2D eigenvalue weighted by Gasteiger charge is 2.37. The molecule has 58 heavy (non-hydrogen) atoms. The van der Waals surface area contributed by atoms with Gasteiger partial charge in [0, 0.05) is 12.8 Å². The molecule has 0 saturated carbocycles. The van der Waals surface area contributed by atoms with Gasteiger partial charge >= 0.3 is 27.6 Å². The van der Waals surface area contributed by atoms with Gasteiger partial charge in [-0.25, -0.2) is 9.13 Å². The van der Waals surface area contributed by atoms with Gasteiger partial charge in [0.2, 0.25) is 0 Å². The summed E-state index contributed by atoms with van der Waals surface area (Å²) in [5, 5.41) is 9.75. The summed E-state index contributed by atoms with van der Waals surface area (Å²) in [5.41, 5.74) is 0. The van der Waals surface area contributed by atoms with Crippen molar-refractivity contribution in [3.05, 3.63) is 36.5 Å². The second kappa shape index (κ2) is 34.0. The Bertz CT molecular complexity index is 1250. The van der Waals surface area contributed by atoms with Gasteiger partial charge in [-0.2, -0.15) is 0 Å². The average molecular weight is 867 g/mol. The molecule has 1 rings (SSSR count). The summed E-state index contributed by atoms with van der Waals surface area (Å²) >= 11 is 0. The Balaban J connectivity index is 2.42. The van der Waals surface area contributed by atoms with E-state index in [-0.39, 0.29) is 25.0 Å². The van der Waals surface area contributed by atoms with Crippen LogP contribution < -0.4 is 0 Å². The van der Waals surface area contributed by atoms with Crippen molar-refractivity contribution in [2.75, 3.05) is 26.4 Å². The van der Waals surface area contributed by atoms with Gasteiger partial charge in [-0.1, -0.05) is 134 Å². The van der Waals surface area contributed by atoms with Crippen molar-refractivity contribution in [1.82, 2.24) is 0 Å². The summed E-state index contributed by atoms with van der Waals surface area (Å²) in [6.07, 6.45) is 31.7. The molecular formula is C42H76O14P2. The molecule has 3 unspecified atom stereocenters. The van der Waals surface area contributed by atoms with E-state index in [1.807, 2.05) is 0 Å². The fraction of sp³-hybridized carbons (Fsp3) is 0.810.